The average Bonchev–Trinajstić information content (AvgIpc) is 3.43. The second-order valence-electron chi connectivity index (χ2n) is 9.93. The average molecular weight is 469 g/mol. The predicted octanol–water partition coefficient (Wildman–Crippen LogP) is 6.00. The lowest BCUT2D eigenvalue weighted by molar-refractivity contribution is 0.0573. The van der Waals surface area contributed by atoms with E-state index in [-0.39, 0.29) is 18.0 Å². The molecule has 3 aromatic rings. The van der Waals surface area contributed by atoms with Crippen LogP contribution in [0.2, 0.25) is 0 Å². The van der Waals surface area contributed by atoms with Gasteiger partial charge in [0.1, 0.15) is 23.7 Å². The molecule has 0 radical (unpaired) electrons. The molecule has 0 spiro atoms. The molecule has 1 aromatic carbocycles. The van der Waals surface area contributed by atoms with E-state index in [1.165, 1.54) is 31.8 Å². The van der Waals surface area contributed by atoms with Gasteiger partial charge in [-0.15, -0.1) is 0 Å². The number of rotatable bonds is 4. The maximum absolute atomic E-state index is 13.1. The summed E-state index contributed by atoms with van der Waals surface area (Å²) in [5.74, 6) is 1.16. The third-order valence-electron chi connectivity index (χ3n) is 7.46. The number of furan rings is 1. The lowest BCUT2D eigenvalue weighted by Gasteiger charge is -2.45. The highest BCUT2D eigenvalue weighted by Gasteiger charge is 2.36. The molecule has 1 saturated carbocycles. The molecular formula is C29H32N4O2. The van der Waals surface area contributed by atoms with E-state index in [1.54, 1.807) is 6.07 Å². The lowest BCUT2D eigenvalue weighted by Crippen LogP contribution is -2.59. The van der Waals surface area contributed by atoms with Gasteiger partial charge in [0.15, 0.2) is 0 Å². The van der Waals surface area contributed by atoms with Gasteiger partial charge in [-0.2, -0.15) is 5.26 Å². The summed E-state index contributed by atoms with van der Waals surface area (Å²) in [5, 5.41) is 10.3. The zero-order chi connectivity index (χ0) is 24.4. The van der Waals surface area contributed by atoms with E-state index in [1.807, 2.05) is 23.1 Å². The molecule has 1 amide bonds. The van der Waals surface area contributed by atoms with Crippen LogP contribution >= 0.6 is 0 Å². The van der Waals surface area contributed by atoms with Crippen molar-refractivity contribution in [3.05, 3.63) is 71.8 Å². The molecule has 180 valence electrons. The van der Waals surface area contributed by atoms with Crippen molar-refractivity contribution in [3.8, 4) is 17.2 Å². The Morgan fingerprint density at radius 3 is 2.40 bits per heavy atom. The van der Waals surface area contributed by atoms with Crippen molar-refractivity contribution in [1.29, 1.82) is 5.26 Å². The molecule has 2 fully saturated rings. The Hall–Kier alpha value is -3.59. The van der Waals surface area contributed by atoms with E-state index < -0.39 is 0 Å². The highest BCUT2D eigenvalue weighted by atomic mass is 16.3. The number of nitriles is 1. The summed E-state index contributed by atoms with van der Waals surface area (Å²) < 4.78 is 5.14. The highest BCUT2D eigenvalue weighted by molar-refractivity contribution is 5.94. The second kappa shape index (κ2) is 9.95. The highest BCUT2D eigenvalue weighted by Crippen LogP contribution is 2.38. The van der Waals surface area contributed by atoms with Gasteiger partial charge in [0, 0.05) is 42.3 Å². The lowest BCUT2D eigenvalue weighted by atomic mass is 9.85. The third kappa shape index (κ3) is 4.55. The summed E-state index contributed by atoms with van der Waals surface area (Å²) >= 11 is 0. The predicted molar refractivity (Wildman–Crippen MR) is 136 cm³/mol. The monoisotopic (exact) mass is 468 g/mol. The number of nitrogens with zero attached hydrogens (tertiary/aromatic N) is 4. The van der Waals surface area contributed by atoms with Gasteiger partial charge in [-0.3, -0.25) is 4.79 Å². The maximum atomic E-state index is 13.1. The molecule has 0 N–H and O–H groups in total. The minimum atomic E-state index is -0.0343. The Bertz CT molecular complexity index is 1200. The van der Waals surface area contributed by atoms with Crippen LogP contribution in [0.25, 0.3) is 11.1 Å². The SMILES string of the molecule is C[C@@H]1CN(c2nc(C3CCCCC3)cc(-c3ccccc3)c2C#N)C[C@@H](C)N1C(=O)c1ccoc1. The molecule has 2 atom stereocenters. The van der Waals surface area contributed by atoms with Crippen LogP contribution < -0.4 is 4.90 Å². The fraction of sp³-hybridized carbons (Fsp3) is 0.414. The largest absolute Gasteiger partial charge is 0.472 e. The molecule has 35 heavy (non-hydrogen) atoms. The second-order valence-corrected chi connectivity index (χ2v) is 9.93. The van der Waals surface area contributed by atoms with Crippen molar-refractivity contribution in [1.82, 2.24) is 9.88 Å². The van der Waals surface area contributed by atoms with Crippen LogP contribution in [0.5, 0.6) is 0 Å². The first-order valence-corrected chi connectivity index (χ1v) is 12.7. The molecule has 6 heteroatoms. The van der Waals surface area contributed by atoms with Gasteiger partial charge in [-0.1, -0.05) is 49.6 Å². The number of hydrogen-bond donors (Lipinski definition) is 0. The van der Waals surface area contributed by atoms with Crippen molar-refractivity contribution in [2.24, 2.45) is 0 Å². The summed E-state index contributed by atoms with van der Waals surface area (Å²) in [7, 11) is 0. The zero-order valence-corrected chi connectivity index (χ0v) is 20.5. The summed E-state index contributed by atoms with van der Waals surface area (Å²) in [4.78, 5) is 22.4. The van der Waals surface area contributed by atoms with Crippen LogP contribution in [0, 0.1) is 11.3 Å². The number of piperazine rings is 1. The molecule has 0 bridgehead atoms. The van der Waals surface area contributed by atoms with Crippen LogP contribution in [-0.2, 0) is 0 Å². The first-order valence-electron chi connectivity index (χ1n) is 12.7. The van der Waals surface area contributed by atoms with Crippen LogP contribution in [0.4, 0.5) is 5.82 Å². The minimum Gasteiger partial charge on any atom is -0.472 e. The van der Waals surface area contributed by atoms with E-state index in [0.29, 0.717) is 30.1 Å². The summed E-state index contributed by atoms with van der Waals surface area (Å²) in [5.41, 5.74) is 4.27. The molecule has 5 rings (SSSR count). The number of hydrogen-bond acceptors (Lipinski definition) is 5. The number of amides is 1. The van der Waals surface area contributed by atoms with Crippen LogP contribution in [0.15, 0.2) is 59.4 Å². The number of carbonyl (C=O) groups is 1. The van der Waals surface area contributed by atoms with E-state index in [9.17, 15) is 10.1 Å². The maximum Gasteiger partial charge on any atom is 0.257 e. The third-order valence-corrected chi connectivity index (χ3v) is 7.46. The van der Waals surface area contributed by atoms with E-state index >= 15 is 0 Å². The van der Waals surface area contributed by atoms with Crippen molar-refractivity contribution in [2.45, 2.75) is 64.0 Å². The molecule has 0 unspecified atom stereocenters. The molecule has 6 nitrogen and oxygen atoms in total. The molecule has 2 aromatic heterocycles. The van der Waals surface area contributed by atoms with Gasteiger partial charge in [-0.25, -0.2) is 4.98 Å². The van der Waals surface area contributed by atoms with Gasteiger partial charge in [-0.05, 0) is 44.4 Å². The molecular weight excluding hydrogens is 436 g/mol. The van der Waals surface area contributed by atoms with Gasteiger partial charge >= 0.3 is 0 Å². The summed E-state index contributed by atoms with van der Waals surface area (Å²) in [6.45, 7) is 5.38. The zero-order valence-electron chi connectivity index (χ0n) is 20.5. The van der Waals surface area contributed by atoms with Crippen molar-refractivity contribution >= 4 is 11.7 Å². The van der Waals surface area contributed by atoms with Gasteiger partial charge in [0.2, 0.25) is 0 Å². The Morgan fingerprint density at radius 2 is 1.77 bits per heavy atom. The Morgan fingerprint density at radius 1 is 1.06 bits per heavy atom. The van der Waals surface area contributed by atoms with Crippen LogP contribution in [0.1, 0.15) is 73.5 Å². The van der Waals surface area contributed by atoms with E-state index in [0.717, 1.165) is 35.5 Å². The normalized spacial score (nSPS) is 21.1. The first-order chi connectivity index (χ1) is 17.1. The number of pyridine rings is 1. The van der Waals surface area contributed by atoms with Gasteiger partial charge in [0.05, 0.1) is 11.8 Å². The fourth-order valence-electron chi connectivity index (χ4n) is 5.77. The van der Waals surface area contributed by atoms with Crippen molar-refractivity contribution in [3.63, 3.8) is 0 Å². The number of aromatic nitrogens is 1. The van der Waals surface area contributed by atoms with Crippen molar-refractivity contribution in [2.75, 3.05) is 18.0 Å². The van der Waals surface area contributed by atoms with E-state index in [2.05, 4.69) is 43.0 Å². The standard InChI is InChI=1S/C29H32N4O2/c1-20-17-32(18-21(2)33(20)29(34)24-13-14-35-19-24)28-26(16-30)25(22-9-5-3-6-10-22)15-27(31-28)23-11-7-4-8-12-23/h3,5-6,9-10,13-15,19-21,23H,4,7-8,11-12,17-18H2,1-2H3/t20-,21-/m1/s1. The minimum absolute atomic E-state index is 0.0206. The quantitative estimate of drug-likeness (QED) is 0.469. The van der Waals surface area contributed by atoms with E-state index in [4.69, 9.17) is 9.40 Å². The number of carbonyl (C=O) groups excluding carboxylic acids is 1. The molecule has 1 saturated heterocycles. The summed E-state index contributed by atoms with van der Waals surface area (Å²) in [6, 6.07) is 16.4. The van der Waals surface area contributed by atoms with Gasteiger partial charge in [0.25, 0.3) is 5.91 Å². The van der Waals surface area contributed by atoms with Gasteiger partial charge < -0.3 is 14.2 Å². The molecule has 1 aliphatic heterocycles. The Balaban J connectivity index is 1.53. The Kier molecular flexibility index (Phi) is 6.59. The smallest absolute Gasteiger partial charge is 0.257 e. The first kappa shape index (κ1) is 23.2. The fourth-order valence-corrected chi connectivity index (χ4v) is 5.77. The van der Waals surface area contributed by atoms with Crippen molar-refractivity contribution < 1.29 is 9.21 Å². The Labute approximate surface area is 207 Å². The van der Waals surface area contributed by atoms with Crippen LogP contribution in [0.3, 0.4) is 0 Å². The van der Waals surface area contributed by atoms with Crippen LogP contribution in [-0.4, -0.2) is 41.0 Å². The number of anilines is 1. The molecule has 1 aliphatic carbocycles. The topological polar surface area (TPSA) is 73.4 Å². The molecule has 2 aliphatic rings. The number of benzene rings is 1. The summed E-state index contributed by atoms with van der Waals surface area (Å²) in [6.07, 6.45) is 9.06. The molecule has 3 heterocycles.